The van der Waals surface area contributed by atoms with E-state index < -0.39 is 0 Å². The maximum Gasteiger partial charge on any atom is 0.0727 e. The Morgan fingerprint density at radius 3 is 2.73 bits per heavy atom. The number of aromatic nitrogens is 3. The second-order valence-corrected chi connectivity index (χ2v) is 4.27. The molecule has 0 radical (unpaired) electrons. The lowest BCUT2D eigenvalue weighted by atomic mass is 10.00. The molecule has 2 unspecified atom stereocenters. The first-order chi connectivity index (χ1) is 7.15. The van der Waals surface area contributed by atoms with E-state index in [9.17, 15) is 0 Å². The molecule has 1 heterocycles. The Kier molecular flexibility index (Phi) is 4.75. The molecule has 15 heavy (non-hydrogen) atoms. The van der Waals surface area contributed by atoms with Crippen molar-refractivity contribution >= 4 is 0 Å². The first-order valence-corrected chi connectivity index (χ1v) is 5.73. The minimum atomic E-state index is 0.504. The number of aryl methyl sites for hydroxylation is 1. The fourth-order valence-corrected chi connectivity index (χ4v) is 1.87. The first kappa shape index (κ1) is 12.2. The molecule has 0 aromatic carbocycles. The van der Waals surface area contributed by atoms with E-state index in [2.05, 4.69) is 36.4 Å². The summed E-state index contributed by atoms with van der Waals surface area (Å²) in [6.45, 7) is 7.74. The summed E-state index contributed by atoms with van der Waals surface area (Å²) in [6, 6.07) is 0.551. The van der Waals surface area contributed by atoms with Crippen molar-refractivity contribution in [2.24, 2.45) is 7.05 Å². The molecule has 0 aliphatic carbocycles. The molecule has 0 fully saturated rings. The van der Waals surface area contributed by atoms with Gasteiger partial charge in [-0.2, -0.15) is 0 Å². The molecule has 1 N–H and O–H groups in total. The minimum absolute atomic E-state index is 0.504. The van der Waals surface area contributed by atoms with Gasteiger partial charge in [0.1, 0.15) is 0 Å². The number of rotatable bonds is 6. The fraction of sp³-hybridized carbons (Fsp3) is 0.818. The molecule has 4 heteroatoms. The second-order valence-electron chi connectivity index (χ2n) is 4.27. The molecule has 0 bridgehead atoms. The lowest BCUT2D eigenvalue weighted by Crippen LogP contribution is -2.28. The van der Waals surface area contributed by atoms with Gasteiger partial charge in [-0.05, 0) is 26.3 Å². The Balaban J connectivity index is 2.42. The summed E-state index contributed by atoms with van der Waals surface area (Å²) in [4.78, 5) is 0. The average molecular weight is 210 g/mol. The quantitative estimate of drug-likeness (QED) is 0.777. The van der Waals surface area contributed by atoms with Crippen molar-refractivity contribution in [3.63, 3.8) is 0 Å². The molecule has 0 saturated carbocycles. The number of hydrogen-bond donors (Lipinski definition) is 1. The van der Waals surface area contributed by atoms with Crippen LogP contribution in [0.4, 0.5) is 0 Å². The van der Waals surface area contributed by atoms with Crippen LogP contribution >= 0.6 is 0 Å². The number of hydrogen-bond acceptors (Lipinski definition) is 3. The van der Waals surface area contributed by atoms with Crippen LogP contribution in [0.1, 0.15) is 45.2 Å². The summed E-state index contributed by atoms with van der Waals surface area (Å²) in [5.41, 5.74) is 1.21. The lowest BCUT2D eigenvalue weighted by Gasteiger charge is -2.18. The molecule has 86 valence electrons. The zero-order valence-corrected chi connectivity index (χ0v) is 10.2. The molecule has 4 nitrogen and oxygen atoms in total. The average Bonchev–Trinajstić information content (AvgIpc) is 2.61. The van der Waals surface area contributed by atoms with Crippen LogP contribution in [0.15, 0.2) is 6.20 Å². The molecule has 0 saturated heterocycles. The highest BCUT2D eigenvalue weighted by molar-refractivity contribution is 5.01. The van der Waals surface area contributed by atoms with Crippen molar-refractivity contribution in [3.8, 4) is 0 Å². The van der Waals surface area contributed by atoms with Crippen molar-refractivity contribution in [1.82, 2.24) is 20.3 Å². The maximum atomic E-state index is 3.95. The topological polar surface area (TPSA) is 42.7 Å². The van der Waals surface area contributed by atoms with E-state index in [-0.39, 0.29) is 0 Å². The van der Waals surface area contributed by atoms with Gasteiger partial charge in [-0.25, -0.2) is 0 Å². The third-order valence-corrected chi connectivity index (χ3v) is 2.70. The van der Waals surface area contributed by atoms with Crippen molar-refractivity contribution in [1.29, 1.82) is 0 Å². The normalized spacial score (nSPS) is 15.2. The predicted octanol–water partition coefficient (Wildman–Crippen LogP) is 1.70. The van der Waals surface area contributed by atoms with Gasteiger partial charge in [-0.15, -0.1) is 5.10 Å². The van der Waals surface area contributed by atoms with Gasteiger partial charge in [0.25, 0.3) is 0 Å². The SMILES string of the molecule is CCCNC(C)CC(C)c1cnnn1C. The summed E-state index contributed by atoms with van der Waals surface area (Å²) in [5.74, 6) is 0.504. The van der Waals surface area contributed by atoms with Crippen molar-refractivity contribution in [2.75, 3.05) is 6.54 Å². The zero-order valence-electron chi connectivity index (χ0n) is 10.2. The maximum absolute atomic E-state index is 3.95. The van der Waals surface area contributed by atoms with Gasteiger partial charge in [-0.3, -0.25) is 4.68 Å². The molecule has 0 aliphatic rings. The van der Waals surface area contributed by atoms with E-state index in [1.807, 2.05) is 17.9 Å². The molecule has 0 spiro atoms. The van der Waals surface area contributed by atoms with Crippen molar-refractivity contribution < 1.29 is 0 Å². The van der Waals surface area contributed by atoms with Gasteiger partial charge in [-0.1, -0.05) is 19.1 Å². The van der Waals surface area contributed by atoms with Crippen LogP contribution in [0.2, 0.25) is 0 Å². The van der Waals surface area contributed by atoms with Gasteiger partial charge < -0.3 is 5.32 Å². The number of nitrogens with zero attached hydrogens (tertiary/aromatic N) is 3. The summed E-state index contributed by atoms with van der Waals surface area (Å²) in [5, 5.41) is 11.4. The Bertz CT molecular complexity index is 282. The van der Waals surface area contributed by atoms with Crippen LogP contribution in [-0.2, 0) is 7.05 Å². The van der Waals surface area contributed by atoms with E-state index in [0.29, 0.717) is 12.0 Å². The smallest absolute Gasteiger partial charge is 0.0727 e. The van der Waals surface area contributed by atoms with Crippen LogP contribution in [0, 0.1) is 0 Å². The van der Waals surface area contributed by atoms with Crippen LogP contribution in [-0.4, -0.2) is 27.6 Å². The van der Waals surface area contributed by atoms with E-state index in [1.54, 1.807) is 0 Å². The first-order valence-electron chi connectivity index (χ1n) is 5.73. The summed E-state index contributed by atoms with van der Waals surface area (Å²) in [7, 11) is 1.95. The van der Waals surface area contributed by atoms with E-state index in [0.717, 1.165) is 13.0 Å². The molecule has 2 atom stereocenters. The van der Waals surface area contributed by atoms with Gasteiger partial charge in [0, 0.05) is 19.0 Å². The Morgan fingerprint density at radius 1 is 1.47 bits per heavy atom. The summed E-state index contributed by atoms with van der Waals surface area (Å²) < 4.78 is 1.86. The molecule has 1 rings (SSSR count). The molecule has 0 amide bonds. The third kappa shape index (κ3) is 3.63. The molecule has 0 aliphatic heterocycles. The van der Waals surface area contributed by atoms with Crippen LogP contribution in [0.25, 0.3) is 0 Å². The molecule has 1 aromatic rings. The van der Waals surface area contributed by atoms with E-state index >= 15 is 0 Å². The second kappa shape index (κ2) is 5.85. The Hall–Kier alpha value is -0.900. The van der Waals surface area contributed by atoms with Gasteiger partial charge in [0.05, 0.1) is 11.9 Å². The van der Waals surface area contributed by atoms with Crippen LogP contribution in [0.5, 0.6) is 0 Å². The van der Waals surface area contributed by atoms with Crippen molar-refractivity contribution in [3.05, 3.63) is 11.9 Å². The highest BCUT2D eigenvalue weighted by Crippen LogP contribution is 2.18. The third-order valence-electron chi connectivity index (χ3n) is 2.70. The summed E-state index contributed by atoms with van der Waals surface area (Å²) >= 11 is 0. The zero-order chi connectivity index (χ0) is 11.3. The summed E-state index contributed by atoms with van der Waals surface area (Å²) in [6.07, 6.45) is 4.17. The van der Waals surface area contributed by atoms with Gasteiger partial charge >= 0.3 is 0 Å². The largest absolute Gasteiger partial charge is 0.314 e. The van der Waals surface area contributed by atoms with Gasteiger partial charge in [0.15, 0.2) is 0 Å². The van der Waals surface area contributed by atoms with E-state index in [4.69, 9.17) is 0 Å². The Labute approximate surface area is 92.1 Å². The fourth-order valence-electron chi connectivity index (χ4n) is 1.87. The minimum Gasteiger partial charge on any atom is -0.314 e. The Morgan fingerprint density at radius 2 is 2.20 bits per heavy atom. The highest BCUT2D eigenvalue weighted by atomic mass is 15.4. The van der Waals surface area contributed by atoms with Crippen LogP contribution in [0.3, 0.4) is 0 Å². The molecule has 1 aromatic heterocycles. The monoisotopic (exact) mass is 210 g/mol. The standard InChI is InChI=1S/C11H22N4/c1-5-6-12-10(3)7-9(2)11-8-13-14-15(11)4/h8-10,12H,5-7H2,1-4H3. The number of nitrogens with one attached hydrogen (secondary N) is 1. The highest BCUT2D eigenvalue weighted by Gasteiger charge is 2.13. The lowest BCUT2D eigenvalue weighted by molar-refractivity contribution is 0.465. The molecular formula is C11H22N4. The van der Waals surface area contributed by atoms with E-state index in [1.165, 1.54) is 12.1 Å². The molecular weight excluding hydrogens is 188 g/mol. The predicted molar refractivity (Wildman–Crippen MR) is 61.8 cm³/mol. The van der Waals surface area contributed by atoms with Crippen LogP contribution < -0.4 is 5.32 Å². The van der Waals surface area contributed by atoms with Crippen molar-refractivity contribution in [2.45, 2.75) is 45.6 Å². The van der Waals surface area contributed by atoms with Gasteiger partial charge in [0.2, 0.25) is 0 Å².